The van der Waals surface area contributed by atoms with E-state index < -0.39 is 0 Å². The van der Waals surface area contributed by atoms with E-state index in [9.17, 15) is 0 Å². The molecule has 0 aromatic heterocycles. The van der Waals surface area contributed by atoms with E-state index in [-0.39, 0.29) is 0 Å². The zero-order valence-corrected chi connectivity index (χ0v) is 11.7. The van der Waals surface area contributed by atoms with Gasteiger partial charge in [-0.1, -0.05) is 25.7 Å². The van der Waals surface area contributed by atoms with E-state index in [1.807, 2.05) is 0 Å². The third-order valence-corrected chi connectivity index (χ3v) is 2.83. The van der Waals surface area contributed by atoms with E-state index in [1.165, 1.54) is 51.4 Å². The summed E-state index contributed by atoms with van der Waals surface area (Å²) in [5, 5.41) is 4.54. The van der Waals surface area contributed by atoms with Gasteiger partial charge in [0.2, 0.25) is 0 Å². The third kappa shape index (κ3) is 15.9. The van der Waals surface area contributed by atoms with Crippen molar-refractivity contribution in [1.82, 2.24) is 5.32 Å². The molecule has 0 aliphatic carbocycles. The number of unbranched alkanes of at least 4 members (excludes halogenated alkanes) is 6. The summed E-state index contributed by atoms with van der Waals surface area (Å²) in [5.74, 6) is 0. The molecule has 3 heteroatoms. The van der Waals surface area contributed by atoms with Crippen LogP contribution in [0.5, 0.6) is 0 Å². The van der Waals surface area contributed by atoms with Crippen LogP contribution in [0, 0.1) is 0 Å². The Hall–Kier alpha value is -0.120. The van der Waals surface area contributed by atoms with E-state index in [2.05, 4.69) is 5.32 Å². The summed E-state index contributed by atoms with van der Waals surface area (Å²) in [6.45, 7) is 3.90. The van der Waals surface area contributed by atoms with Crippen molar-refractivity contribution in [2.24, 2.45) is 0 Å². The lowest BCUT2D eigenvalue weighted by molar-refractivity contribution is 0.191. The van der Waals surface area contributed by atoms with Crippen molar-refractivity contribution >= 4 is 0 Å². The van der Waals surface area contributed by atoms with Crippen molar-refractivity contribution in [2.75, 3.05) is 40.5 Å². The van der Waals surface area contributed by atoms with E-state index >= 15 is 0 Å². The minimum Gasteiger partial charge on any atom is -0.385 e. The Balaban J connectivity index is 2.85. The van der Waals surface area contributed by atoms with Crippen LogP contribution in [0.2, 0.25) is 0 Å². The van der Waals surface area contributed by atoms with Gasteiger partial charge in [0.1, 0.15) is 0 Å². The molecule has 0 fully saturated rings. The summed E-state index contributed by atoms with van der Waals surface area (Å²) in [5.41, 5.74) is 0. The van der Waals surface area contributed by atoms with Crippen molar-refractivity contribution in [3.8, 4) is 0 Å². The van der Waals surface area contributed by atoms with Gasteiger partial charge < -0.3 is 9.47 Å². The van der Waals surface area contributed by atoms with Crippen molar-refractivity contribution in [3.63, 3.8) is 0 Å². The first-order chi connectivity index (χ1) is 8.41. The molecule has 0 spiro atoms. The van der Waals surface area contributed by atoms with Crippen LogP contribution in [0.4, 0.5) is 0 Å². The van der Waals surface area contributed by atoms with Gasteiger partial charge in [-0.25, -0.2) is 5.32 Å². The molecule has 0 aliphatic heterocycles. The number of nitrogens with zero attached hydrogens (tertiary/aromatic N) is 1. The Labute approximate surface area is 107 Å². The highest BCUT2D eigenvalue weighted by Gasteiger charge is 1.93. The quantitative estimate of drug-likeness (QED) is 0.440. The molecule has 0 heterocycles. The third-order valence-electron chi connectivity index (χ3n) is 2.83. The minimum atomic E-state index is 0.901. The van der Waals surface area contributed by atoms with Crippen LogP contribution in [0.3, 0.4) is 0 Å². The SMILES string of the molecule is COCCCCCC[N]CCCCCCOC. The van der Waals surface area contributed by atoms with Gasteiger partial charge in [0.25, 0.3) is 0 Å². The molecule has 0 aromatic rings. The highest BCUT2D eigenvalue weighted by molar-refractivity contribution is 4.50. The van der Waals surface area contributed by atoms with Crippen molar-refractivity contribution in [1.29, 1.82) is 0 Å². The molecule has 0 rings (SSSR count). The van der Waals surface area contributed by atoms with Gasteiger partial charge in [0.15, 0.2) is 0 Å². The van der Waals surface area contributed by atoms with Crippen LogP contribution in [-0.2, 0) is 9.47 Å². The largest absolute Gasteiger partial charge is 0.385 e. The lowest BCUT2D eigenvalue weighted by Crippen LogP contribution is -2.08. The van der Waals surface area contributed by atoms with Crippen LogP contribution in [-0.4, -0.2) is 40.5 Å². The molecule has 1 radical (unpaired) electrons. The second-order valence-corrected chi connectivity index (χ2v) is 4.48. The van der Waals surface area contributed by atoms with Crippen LogP contribution in [0.1, 0.15) is 51.4 Å². The van der Waals surface area contributed by atoms with Crippen LogP contribution >= 0.6 is 0 Å². The summed E-state index contributed by atoms with van der Waals surface area (Å²) < 4.78 is 10.0. The molecule has 0 aliphatic rings. The average molecular weight is 244 g/mol. The van der Waals surface area contributed by atoms with Crippen LogP contribution in [0.25, 0.3) is 0 Å². The first kappa shape index (κ1) is 16.9. The molecular weight excluding hydrogens is 214 g/mol. The fourth-order valence-electron chi connectivity index (χ4n) is 1.76. The summed E-state index contributed by atoms with van der Waals surface area (Å²) in [6.07, 6.45) is 10.0. The van der Waals surface area contributed by atoms with Crippen molar-refractivity contribution in [3.05, 3.63) is 0 Å². The van der Waals surface area contributed by atoms with E-state index in [1.54, 1.807) is 14.2 Å². The normalized spacial score (nSPS) is 10.9. The van der Waals surface area contributed by atoms with Gasteiger partial charge >= 0.3 is 0 Å². The Morgan fingerprint density at radius 1 is 0.588 bits per heavy atom. The highest BCUT2D eigenvalue weighted by Crippen LogP contribution is 2.01. The monoisotopic (exact) mass is 244 g/mol. The maximum Gasteiger partial charge on any atom is 0.0462 e. The van der Waals surface area contributed by atoms with Gasteiger partial charge in [0, 0.05) is 40.5 Å². The Morgan fingerprint density at radius 3 is 1.41 bits per heavy atom. The zero-order chi connectivity index (χ0) is 12.6. The number of hydrogen-bond acceptors (Lipinski definition) is 2. The van der Waals surface area contributed by atoms with Gasteiger partial charge in [-0.15, -0.1) is 0 Å². The molecule has 0 aromatic carbocycles. The average Bonchev–Trinajstić information content (AvgIpc) is 2.35. The number of methoxy groups -OCH3 is 2. The van der Waals surface area contributed by atoms with E-state index in [0.29, 0.717) is 0 Å². The van der Waals surface area contributed by atoms with Crippen LogP contribution < -0.4 is 5.32 Å². The van der Waals surface area contributed by atoms with Gasteiger partial charge in [-0.05, 0) is 25.7 Å². The summed E-state index contributed by atoms with van der Waals surface area (Å²) in [4.78, 5) is 0. The lowest BCUT2D eigenvalue weighted by Gasteiger charge is -2.03. The molecule has 0 N–H and O–H groups in total. The van der Waals surface area contributed by atoms with Gasteiger partial charge in [0.05, 0.1) is 0 Å². The maximum atomic E-state index is 5.01. The Bertz CT molecular complexity index is 117. The predicted octanol–water partition coefficient (Wildman–Crippen LogP) is 3.00. The lowest BCUT2D eigenvalue weighted by atomic mass is 10.2. The molecule has 0 saturated carbocycles. The molecule has 103 valence electrons. The molecule has 0 unspecified atom stereocenters. The number of ether oxygens (including phenoxy) is 2. The van der Waals surface area contributed by atoms with E-state index in [4.69, 9.17) is 9.47 Å². The molecule has 0 atom stereocenters. The van der Waals surface area contributed by atoms with Gasteiger partial charge in [-0.2, -0.15) is 0 Å². The van der Waals surface area contributed by atoms with E-state index in [0.717, 1.165) is 26.3 Å². The standard InChI is InChI=1S/C14H30NO2/c1-16-13-9-5-3-7-11-15-12-8-4-6-10-14-17-2/h3-14H2,1-2H3. The predicted molar refractivity (Wildman–Crippen MR) is 72.6 cm³/mol. The van der Waals surface area contributed by atoms with Crippen molar-refractivity contribution < 1.29 is 9.47 Å². The van der Waals surface area contributed by atoms with Gasteiger partial charge in [-0.3, -0.25) is 0 Å². The smallest absolute Gasteiger partial charge is 0.0462 e. The first-order valence-electron chi connectivity index (χ1n) is 7.03. The summed E-state index contributed by atoms with van der Waals surface area (Å²) in [6, 6.07) is 0. The molecule has 0 amide bonds. The number of hydrogen-bond donors (Lipinski definition) is 0. The second kappa shape index (κ2) is 15.9. The fourth-order valence-corrected chi connectivity index (χ4v) is 1.76. The summed E-state index contributed by atoms with van der Waals surface area (Å²) in [7, 11) is 3.53. The molecule has 17 heavy (non-hydrogen) atoms. The Morgan fingerprint density at radius 2 is 1.00 bits per heavy atom. The topological polar surface area (TPSA) is 32.6 Å². The maximum absolute atomic E-state index is 5.01. The second-order valence-electron chi connectivity index (χ2n) is 4.48. The molecular formula is C14H30NO2. The van der Waals surface area contributed by atoms with Crippen LogP contribution in [0.15, 0.2) is 0 Å². The molecule has 3 nitrogen and oxygen atoms in total. The molecule has 0 saturated heterocycles. The highest BCUT2D eigenvalue weighted by atomic mass is 16.5. The van der Waals surface area contributed by atoms with Crippen molar-refractivity contribution in [2.45, 2.75) is 51.4 Å². The zero-order valence-electron chi connectivity index (χ0n) is 11.7. The fraction of sp³-hybridized carbons (Fsp3) is 1.00. The minimum absolute atomic E-state index is 0.901. The molecule has 0 bridgehead atoms. The number of rotatable bonds is 14. The Kier molecular flexibility index (Phi) is 15.8. The summed E-state index contributed by atoms with van der Waals surface area (Å²) >= 11 is 0. The first-order valence-corrected chi connectivity index (χ1v) is 7.03.